The quantitative estimate of drug-likeness (QED) is 0.939. The molecule has 0 spiro atoms. The first kappa shape index (κ1) is 14.0. The van der Waals surface area contributed by atoms with Crippen LogP contribution in [-0.4, -0.2) is 42.5 Å². The molecule has 1 N–H and O–H groups in total. The zero-order valence-electron chi connectivity index (χ0n) is 12.6. The molecule has 1 aromatic heterocycles. The molecule has 1 aliphatic rings. The molecule has 1 fully saturated rings. The zero-order valence-corrected chi connectivity index (χ0v) is 12.6. The number of hydrogen-bond acceptors (Lipinski definition) is 3. The van der Waals surface area contributed by atoms with Gasteiger partial charge >= 0.3 is 0 Å². The Bertz CT molecular complexity index is 668. The molecule has 0 aliphatic carbocycles. The third kappa shape index (κ3) is 2.76. The van der Waals surface area contributed by atoms with Gasteiger partial charge in [0.05, 0.1) is 16.8 Å². The Labute approximate surface area is 125 Å². The fraction of sp³-hybridized carbons (Fsp3) is 0.412. The summed E-state index contributed by atoms with van der Waals surface area (Å²) in [6, 6.07) is 9.92. The maximum Gasteiger partial charge on any atom is 0.255 e. The average Bonchev–Trinajstić information content (AvgIpc) is 2.95. The number of fused-ring (bicyclic) bond motifs is 1. The summed E-state index contributed by atoms with van der Waals surface area (Å²) in [6.07, 6.45) is 1.08. The van der Waals surface area contributed by atoms with Gasteiger partial charge in [0, 0.05) is 18.5 Å². The van der Waals surface area contributed by atoms with E-state index in [9.17, 15) is 4.79 Å². The second-order valence-corrected chi connectivity index (χ2v) is 5.78. The van der Waals surface area contributed by atoms with Crippen molar-refractivity contribution >= 4 is 16.8 Å². The molecular formula is C17H21N3O. The maximum atomic E-state index is 12.7. The summed E-state index contributed by atoms with van der Waals surface area (Å²) in [5.74, 6) is 0.678. The summed E-state index contributed by atoms with van der Waals surface area (Å²) < 4.78 is 0. The predicted molar refractivity (Wildman–Crippen MR) is 84.4 cm³/mol. The smallest absolute Gasteiger partial charge is 0.255 e. The monoisotopic (exact) mass is 283 g/mol. The fourth-order valence-corrected chi connectivity index (χ4v) is 3.07. The van der Waals surface area contributed by atoms with Gasteiger partial charge in [-0.1, -0.05) is 18.2 Å². The van der Waals surface area contributed by atoms with Gasteiger partial charge in [-0.15, -0.1) is 0 Å². The Kier molecular flexibility index (Phi) is 3.88. The SMILES string of the molecule is CNC[C@H]1CCN(C(=O)c2cc3ccccc3nc2C)C1. The summed E-state index contributed by atoms with van der Waals surface area (Å²) in [7, 11) is 1.96. The van der Waals surface area contributed by atoms with Gasteiger partial charge in [0.25, 0.3) is 5.91 Å². The number of rotatable bonds is 3. The molecule has 1 aliphatic heterocycles. The van der Waals surface area contributed by atoms with Crippen LogP contribution in [0.5, 0.6) is 0 Å². The lowest BCUT2D eigenvalue weighted by Gasteiger charge is -2.18. The van der Waals surface area contributed by atoms with E-state index < -0.39 is 0 Å². The number of aryl methyl sites for hydroxylation is 1. The van der Waals surface area contributed by atoms with Crippen LogP contribution < -0.4 is 5.32 Å². The number of para-hydroxylation sites is 1. The van der Waals surface area contributed by atoms with Gasteiger partial charge in [-0.05, 0) is 45.0 Å². The average molecular weight is 283 g/mol. The summed E-state index contributed by atoms with van der Waals surface area (Å²) in [5, 5.41) is 4.22. The van der Waals surface area contributed by atoms with Crippen molar-refractivity contribution in [2.24, 2.45) is 5.92 Å². The van der Waals surface area contributed by atoms with Crippen LogP contribution in [0.3, 0.4) is 0 Å². The van der Waals surface area contributed by atoms with Crippen molar-refractivity contribution in [1.29, 1.82) is 0 Å². The number of likely N-dealkylation sites (tertiary alicyclic amines) is 1. The van der Waals surface area contributed by atoms with Crippen LogP contribution in [0.25, 0.3) is 10.9 Å². The largest absolute Gasteiger partial charge is 0.338 e. The van der Waals surface area contributed by atoms with Crippen molar-refractivity contribution < 1.29 is 4.79 Å². The Balaban J connectivity index is 1.86. The van der Waals surface area contributed by atoms with Gasteiger partial charge in [-0.3, -0.25) is 9.78 Å². The molecule has 0 saturated carbocycles. The molecule has 1 aromatic carbocycles. The number of amides is 1. The highest BCUT2D eigenvalue weighted by atomic mass is 16.2. The van der Waals surface area contributed by atoms with E-state index in [4.69, 9.17) is 0 Å². The Morgan fingerprint density at radius 2 is 2.24 bits per heavy atom. The minimum absolute atomic E-state index is 0.115. The molecule has 1 atom stereocenters. The second-order valence-electron chi connectivity index (χ2n) is 5.78. The summed E-state index contributed by atoms with van der Waals surface area (Å²) in [4.78, 5) is 19.2. The molecule has 0 bridgehead atoms. The molecular weight excluding hydrogens is 262 g/mol. The molecule has 0 radical (unpaired) electrons. The number of nitrogens with one attached hydrogen (secondary N) is 1. The van der Waals surface area contributed by atoms with E-state index in [1.54, 1.807) is 0 Å². The topological polar surface area (TPSA) is 45.2 Å². The molecule has 4 heteroatoms. The van der Waals surface area contributed by atoms with Crippen LogP contribution in [0.2, 0.25) is 0 Å². The van der Waals surface area contributed by atoms with Gasteiger partial charge in [-0.25, -0.2) is 0 Å². The number of nitrogens with zero attached hydrogens (tertiary/aromatic N) is 2. The fourth-order valence-electron chi connectivity index (χ4n) is 3.07. The lowest BCUT2D eigenvalue weighted by molar-refractivity contribution is 0.0786. The van der Waals surface area contributed by atoms with E-state index in [1.165, 1.54) is 0 Å². The number of carbonyl (C=O) groups excluding carboxylic acids is 1. The van der Waals surface area contributed by atoms with Crippen LogP contribution in [0, 0.1) is 12.8 Å². The first-order valence-electron chi connectivity index (χ1n) is 7.49. The maximum absolute atomic E-state index is 12.7. The van der Waals surface area contributed by atoms with E-state index in [2.05, 4.69) is 10.3 Å². The molecule has 1 saturated heterocycles. The molecule has 21 heavy (non-hydrogen) atoms. The van der Waals surface area contributed by atoms with E-state index >= 15 is 0 Å². The minimum Gasteiger partial charge on any atom is -0.338 e. The Hall–Kier alpha value is -1.94. The lowest BCUT2D eigenvalue weighted by Crippen LogP contribution is -2.31. The summed E-state index contributed by atoms with van der Waals surface area (Å²) in [5.41, 5.74) is 2.50. The predicted octanol–water partition coefficient (Wildman–Crippen LogP) is 2.22. The van der Waals surface area contributed by atoms with Gasteiger partial charge in [0.2, 0.25) is 0 Å². The van der Waals surface area contributed by atoms with Crippen LogP contribution in [0.1, 0.15) is 22.5 Å². The van der Waals surface area contributed by atoms with Crippen molar-refractivity contribution in [3.05, 3.63) is 41.6 Å². The zero-order chi connectivity index (χ0) is 14.8. The number of benzene rings is 1. The molecule has 110 valence electrons. The lowest BCUT2D eigenvalue weighted by atomic mass is 10.1. The van der Waals surface area contributed by atoms with Gasteiger partial charge in [0.1, 0.15) is 0 Å². The van der Waals surface area contributed by atoms with Crippen molar-refractivity contribution in [3.8, 4) is 0 Å². The van der Waals surface area contributed by atoms with Gasteiger partial charge in [-0.2, -0.15) is 0 Å². The number of carbonyl (C=O) groups is 1. The molecule has 2 aromatic rings. The molecule has 4 nitrogen and oxygen atoms in total. The van der Waals surface area contributed by atoms with Crippen molar-refractivity contribution in [2.75, 3.05) is 26.7 Å². The van der Waals surface area contributed by atoms with Crippen molar-refractivity contribution in [1.82, 2.24) is 15.2 Å². The van der Waals surface area contributed by atoms with Crippen molar-refractivity contribution in [3.63, 3.8) is 0 Å². The number of hydrogen-bond donors (Lipinski definition) is 1. The van der Waals surface area contributed by atoms with E-state index in [1.807, 2.05) is 49.2 Å². The highest BCUT2D eigenvalue weighted by Gasteiger charge is 2.27. The van der Waals surface area contributed by atoms with Crippen LogP contribution in [0.4, 0.5) is 0 Å². The molecule has 3 rings (SSSR count). The van der Waals surface area contributed by atoms with Gasteiger partial charge < -0.3 is 10.2 Å². The van der Waals surface area contributed by atoms with E-state index in [0.29, 0.717) is 5.92 Å². The van der Waals surface area contributed by atoms with Crippen LogP contribution >= 0.6 is 0 Å². The Morgan fingerprint density at radius 1 is 1.43 bits per heavy atom. The van der Waals surface area contributed by atoms with Crippen LogP contribution in [0.15, 0.2) is 30.3 Å². The standard InChI is InChI=1S/C17H21N3O/c1-12-15(9-14-5-3-4-6-16(14)19-12)17(21)20-8-7-13(11-20)10-18-2/h3-6,9,13,18H,7-8,10-11H2,1-2H3/t13-/m1/s1. The number of aromatic nitrogens is 1. The highest BCUT2D eigenvalue weighted by Crippen LogP contribution is 2.22. The highest BCUT2D eigenvalue weighted by molar-refractivity contribution is 5.98. The molecule has 0 unspecified atom stereocenters. The molecule has 2 heterocycles. The first-order valence-corrected chi connectivity index (χ1v) is 7.49. The third-order valence-corrected chi connectivity index (χ3v) is 4.21. The van der Waals surface area contributed by atoms with Crippen LogP contribution in [-0.2, 0) is 0 Å². The van der Waals surface area contributed by atoms with E-state index in [0.717, 1.165) is 48.2 Å². The summed E-state index contributed by atoms with van der Waals surface area (Å²) in [6.45, 7) is 4.57. The molecule has 1 amide bonds. The van der Waals surface area contributed by atoms with Crippen molar-refractivity contribution in [2.45, 2.75) is 13.3 Å². The first-order chi connectivity index (χ1) is 10.2. The Morgan fingerprint density at radius 3 is 3.05 bits per heavy atom. The van der Waals surface area contributed by atoms with Gasteiger partial charge in [0.15, 0.2) is 0 Å². The minimum atomic E-state index is 0.115. The normalized spacial score (nSPS) is 18.4. The number of pyridine rings is 1. The van der Waals surface area contributed by atoms with E-state index in [-0.39, 0.29) is 5.91 Å². The second kappa shape index (κ2) is 5.82. The summed E-state index contributed by atoms with van der Waals surface area (Å²) >= 11 is 0. The third-order valence-electron chi connectivity index (χ3n) is 4.21.